The van der Waals surface area contributed by atoms with Crippen molar-refractivity contribution < 1.29 is 27.2 Å². The summed E-state index contributed by atoms with van der Waals surface area (Å²) in [7, 11) is 0. The van der Waals surface area contributed by atoms with E-state index in [1.807, 2.05) is 0 Å². The molecular formula is C16H8F4O2. The van der Waals surface area contributed by atoms with Crippen molar-refractivity contribution in [1.29, 1.82) is 0 Å². The molecule has 0 N–H and O–H groups in total. The maximum Gasteiger partial charge on any atom is 0.186 e. The van der Waals surface area contributed by atoms with Crippen LogP contribution in [0.5, 0.6) is 0 Å². The molecule has 0 atom stereocenters. The third-order valence-corrected chi connectivity index (χ3v) is 2.79. The molecule has 112 valence electrons. The molecule has 0 aliphatic rings. The molecule has 0 saturated carbocycles. The van der Waals surface area contributed by atoms with Gasteiger partial charge in [0.25, 0.3) is 0 Å². The van der Waals surface area contributed by atoms with Crippen molar-refractivity contribution in [1.82, 2.24) is 0 Å². The van der Waals surface area contributed by atoms with Crippen LogP contribution in [-0.2, 0) is 0 Å². The number of rotatable bonds is 4. The van der Waals surface area contributed by atoms with E-state index in [9.17, 15) is 27.2 Å². The van der Waals surface area contributed by atoms with E-state index in [4.69, 9.17) is 0 Å². The molecule has 22 heavy (non-hydrogen) atoms. The molecule has 0 saturated heterocycles. The predicted octanol–water partition coefficient (Wildman–Crippen LogP) is 3.86. The van der Waals surface area contributed by atoms with E-state index in [1.165, 1.54) is 0 Å². The zero-order valence-corrected chi connectivity index (χ0v) is 10.9. The summed E-state index contributed by atoms with van der Waals surface area (Å²) in [6, 6.07) is 5.09. The van der Waals surface area contributed by atoms with Crippen LogP contribution in [0.2, 0.25) is 0 Å². The third-order valence-electron chi connectivity index (χ3n) is 2.79. The summed E-state index contributed by atoms with van der Waals surface area (Å²) < 4.78 is 51.5. The van der Waals surface area contributed by atoms with E-state index in [1.54, 1.807) is 0 Å². The number of allylic oxidation sites excluding steroid dienone is 2. The minimum Gasteiger partial charge on any atom is -0.289 e. The molecule has 0 unspecified atom stereocenters. The van der Waals surface area contributed by atoms with Gasteiger partial charge in [0.15, 0.2) is 34.8 Å². The van der Waals surface area contributed by atoms with Crippen molar-refractivity contribution in [2.75, 3.05) is 0 Å². The highest BCUT2D eigenvalue weighted by Gasteiger charge is 2.10. The van der Waals surface area contributed by atoms with Gasteiger partial charge in [-0.1, -0.05) is 0 Å². The summed E-state index contributed by atoms with van der Waals surface area (Å²) in [6.45, 7) is 0. The molecule has 0 aromatic heterocycles. The van der Waals surface area contributed by atoms with Crippen LogP contribution in [0.15, 0.2) is 48.6 Å². The van der Waals surface area contributed by atoms with Gasteiger partial charge in [-0.2, -0.15) is 0 Å². The second kappa shape index (κ2) is 6.34. The van der Waals surface area contributed by atoms with Gasteiger partial charge in [0.1, 0.15) is 0 Å². The van der Waals surface area contributed by atoms with Gasteiger partial charge in [-0.05, 0) is 48.6 Å². The first kappa shape index (κ1) is 15.6. The molecule has 2 rings (SSSR count). The molecular weight excluding hydrogens is 300 g/mol. The van der Waals surface area contributed by atoms with E-state index >= 15 is 0 Å². The normalized spacial score (nSPS) is 10.9. The molecule has 0 fully saturated rings. The van der Waals surface area contributed by atoms with Gasteiger partial charge in [0, 0.05) is 11.1 Å². The number of carbonyl (C=O) groups is 2. The van der Waals surface area contributed by atoms with Crippen molar-refractivity contribution in [2.24, 2.45) is 0 Å². The summed E-state index contributed by atoms with van der Waals surface area (Å²) in [4.78, 5) is 23.4. The first-order valence-corrected chi connectivity index (χ1v) is 6.05. The Labute approximate surface area is 122 Å². The van der Waals surface area contributed by atoms with Crippen LogP contribution in [0.25, 0.3) is 0 Å². The quantitative estimate of drug-likeness (QED) is 0.488. The van der Waals surface area contributed by atoms with Gasteiger partial charge >= 0.3 is 0 Å². The fourth-order valence-corrected chi connectivity index (χ4v) is 1.64. The van der Waals surface area contributed by atoms with Crippen LogP contribution in [0.3, 0.4) is 0 Å². The lowest BCUT2D eigenvalue weighted by Gasteiger charge is -1.98. The van der Waals surface area contributed by atoms with Gasteiger partial charge in [0.2, 0.25) is 0 Å². The largest absolute Gasteiger partial charge is 0.289 e. The Kier molecular flexibility index (Phi) is 4.50. The standard InChI is InChI=1S/C16H8F4O2/c17-11-3-1-9(7-13(11)19)15(21)5-6-16(22)10-2-4-12(18)14(20)8-10/h1-8H. The summed E-state index contributed by atoms with van der Waals surface area (Å²) in [5, 5.41) is 0. The predicted molar refractivity (Wildman–Crippen MR) is 70.5 cm³/mol. The minimum absolute atomic E-state index is 0.145. The molecule has 0 spiro atoms. The lowest BCUT2D eigenvalue weighted by atomic mass is 10.1. The molecule has 0 radical (unpaired) electrons. The van der Waals surface area contributed by atoms with Gasteiger partial charge in [-0.25, -0.2) is 17.6 Å². The average Bonchev–Trinajstić information content (AvgIpc) is 2.50. The molecule has 0 amide bonds. The molecule has 0 aliphatic heterocycles. The van der Waals surface area contributed by atoms with Gasteiger partial charge in [-0.3, -0.25) is 9.59 Å². The maximum atomic E-state index is 13.0. The van der Waals surface area contributed by atoms with E-state index in [-0.39, 0.29) is 11.1 Å². The lowest BCUT2D eigenvalue weighted by Crippen LogP contribution is -2.00. The van der Waals surface area contributed by atoms with E-state index in [0.717, 1.165) is 36.4 Å². The second-order valence-corrected chi connectivity index (χ2v) is 4.32. The van der Waals surface area contributed by atoms with Crippen LogP contribution in [0.4, 0.5) is 17.6 Å². The van der Waals surface area contributed by atoms with Crippen molar-refractivity contribution in [3.63, 3.8) is 0 Å². The molecule has 0 heterocycles. The van der Waals surface area contributed by atoms with Crippen molar-refractivity contribution in [3.8, 4) is 0 Å². The smallest absolute Gasteiger partial charge is 0.186 e. The van der Waals surface area contributed by atoms with E-state index < -0.39 is 34.8 Å². The van der Waals surface area contributed by atoms with Gasteiger partial charge < -0.3 is 0 Å². The van der Waals surface area contributed by atoms with Crippen LogP contribution in [0.1, 0.15) is 20.7 Å². The number of carbonyl (C=O) groups excluding carboxylic acids is 2. The Hall–Kier alpha value is -2.76. The highest BCUT2D eigenvalue weighted by Crippen LogP contribution is 2.12. The highest BCUT2D eigenvalue weighted by atomic mass is 19.2. The minimum atomic E-state index is -1.19. The Morgan fingerprint density at radius 1 is 0.636 bits per heavy atom. The number of halogens is 4. The molecule has 0 aliphatic carbocycles. The SMILES string of the molecule is O=C(C=CC(=O)c1ccc(F)c(F)c1)c1ccc(F)c(F)c1. The van der Waals surface area contributed by atoms with Crippen LogP contribution >= 0.6 is 0 Å². The number of ketones is 2. The van der Waals surface area contributed by atoms with Crippen molar-refractivity contribution in [3.05, 3.63) is 82.9 Å². The lowest BCUT2D eigenvalue weighted by molar-refractivity contribution is 0.102. The monoisotopic (exact) mass is 308 g/mol. The highest BCUT2D eigenvalue weighted by molar-refractivity contribution is 6.11. The fraction of sp³-hybridized carbons (Fsp3) is 0. The van der Waals surface area contributed by atoms with Crippen LogP contribution in [-0.4, -0.2) is 11.6 Å². The Balaban J connectivity index is 2.16. The summed E-state index contributed by atoms with van der Waals surface area (Å²) >= 11 is 0. The molecule has 6 heteroatoms. The molecule has 2 nitrogen and oxygen atoms in total. The summed E-state index contributed by atoms with van der Waals surface area (Å²) in [5.74, 6) is -6.03. The Morgan fingerprint density at radius 2 is 1.00 bits per heavy atom. The summed E-state index contributed by atoms with van der Waals surface area (Å²) in [6.07, 6.45) is 1.69. The fourth-order valence-electron chi connectivity index (χ4n) is 1.64. The number of hydrogen-bond acceptors (Lipinski definition) is 2. The molecule has 2 aromatic carbocycles. The zero-order chi connectivity index (χ0) is 16.3. The first-order valence-electron chi connectivity index (χ1n) is 6.05. The topological polar surface area (TPSA) is 34.1 Å². The zero-order valence-electron chi connectivity index (χ0n) is 10.9. The second-order valence-electron chi connectivity index (χ2n) is 4.32. The molecule has 0 bridgehead atoms. The summed E-state index contributed by atoms with van der Waals surface area (Å²) in [5.41, 5.74) is -0.290. The van der Waals surface area contributed by atoms with E-state index in [0.29, 0.717) is 12.1 Å². The average molecular weight is 308 g/mol. The Bertz CT molecular complexity index is 716. The van der Waals surface area contributed by atoms with Gasteiger partial charge in [-0.15, -0.1) is 0 Å². The number of benzene rings is 2. The van der Waals surface area contributed by atoms with Crippen LogP contribution < -0.4 is 0 Å². The first-order chi connectivity index (χ1) is 10.4. The third kappa shape index (κ3) is 3.46. The maximum absolute atomic E-state index is 13.0. The molecule has 2 aromatic rings. The number of hydrogen-bond donors (Lipinski definition) is 0. The van der Waals surface area contributed by atoms with Gasteiger partial charge in [0.05, 0.1) is 0 Å². The van der Waals surface area contributed by atoms with Crippen LogP contribution in [0, 0.1) is 23.3 Å². The van der Waals surface area contributed by atoms with Crippen molar-refractivity contribution in [2.45, 2.75) is 0 Å². The van der Waals surface area contributed by atoms with E-state index in [2.05, 4.69) is 0 Å². The Morgan fingerprint density at radius 3 is 1.32 bits per heavy atom. The van der Waals surface area contributed by atoms with Crippen molar-refractivity contribution >= 4 is 11.6 Å².